The second-order valence-electron chi connectivity index (χ2n) is 13.6. The van der Waals surface area contributed by atoms with E-state index in [1.54, 1.807) is 24.3 Å². The summed E-state index contributed by atoms with van der Waals surface area (Å²) in [5.41, 5.74) is 4.38. The van der Waals surface area contributed by atoms with Gasteiger partial charge >= 0.3 is 13.2 Å². The van der Waals surface area contributed by atoms with Gasteiger partial charge in [-0.25, -0.2) is 0 Å². The molecule has 45 heavy (non-hydrogen) atoms. The van der Waals surface area contributed by atoms with E-state index in [2.05, 4.69) is 47.1 Å². The van der Waals surface area contributed by atoms with Gasteiger partial charge in [-0.3, -0.25) is 0 Å². The number of alkyl halides is 4. The molecule has 5 unspecified atom stereocenters. The number of hydrogen-bond donors (Lipinski definition) is 2. The molecule has 0 amide bonds. The number of rotatable bonds is 9. The molecule has 1 heterocycles. The average Bonchev–Trinajstić information content (AvgIpc) is 3.51. The first kappa shape index (κ1) is 33.4. The number of fused-ring (bicyclic) bond motifs is 5. The van der Waals surface area contributed by atoms with Gasteiger partial charge in [-0.2, -0.15) is 17.6 Å². The fourth-order valence-corrected chi connectivity index (χ4v) is 9.18. The van der Waals surface area contributed by atoms with Crippen molar-refractivity contribution in [2.24, 2.45) is 28.6 Å². The van der Waals surface area contributed by atoms with Crippen LogP contribution >= 0.6 is 0 Å². The highest BCUT2D eigenvalue weighted by Gasteiger charge is 2.62. The lowest BCUT2D eigenvalue weighted by Crippen LogP contribution is -2.49. The molecule has 4 fully saturated rings. The normalized spacial score (nSPS) is 32.0. The maximum absolute atomic E-state index is 12.8. The van der Waals surface area contributed by atoms with Crippen LogP contribution in [-0.4, -0.2) is 25.3 Å². The Labute approximate surface area is 265 Å². The topological polar surface area (TPSA) is 42.5 Å². The zero-order chi connectivity index (χ0) is 32.5. The van der Waals surface area contributed by atoms with Gasteiger partial charge in [-0.15, -0.1) is 0 Å². The van der Waals surface area contributed by atoms with Crippen LogP contribution in [0.2, 0.25) is 0 Å². The van der Waals surface area contributed by atoms with E-state index in [9.17, 15) is 17.6 Å². The molecule has 4 nitrogen and oxygen atoms in total. The minimum absolute atomic E-state index is 0.0711. The molecule has 2 N–H and O–H groups in total. The Morgan fingerprint density at radius 3 is 1.89 bits per heavy atom. The molecular weight excluding hydrogens is 580 g/mol. The Balaban J connectivity index is 0.00000196. The maximum Gasteiger partial charge on any atom is 0.387 e. The molecule has 3 aliphatic carbocycles. The van der Waals surface area contributed by atoms with Crippen molar-refractivity contribution in [2.75, 3.05) is 0 Å². The van der Waals surface area contributed by atoms with Crippen LogP contribution in [0.1, 0.15) is 89.8 Å². The van der Waals surface area contributed by atoms with E-state index >= 15 is 0 Å². The summed E-state index contributed by atoms with van der Waals surface area (Å²) in [6, 6.07) is 13.7. The van der Waals surface area contributed by atoms with Gasteiger partial charge in [0.2, 0.25) is 0 Å². The van der Waals surface area contributed by atoms with Crippen LogP contribution in [0.5, 0.6) is 11.5 Å². The molecule has 246 valence electrons. The lowest BCUT2D eigenvalue weighted by atomic mass is 9.55. The van der Waals surface area contributed by atoms with Crippen LogP contribution in [0.15, 0.2) is 73.0 Å². The Morgan fingerprint density at radius 1 is 0.822 bits per heavy atom. The van der Waals surface area contributed by atoms with Crippen LogP contribution in [0.3, 0.4) is 0 Å². The summed E-state index contributed by atoms with van der Waals surface area (Å²) in [4.78, 5) is 0. The van der Waals surface area contributed by atoms with Crippen LogP contribution in [0.4, 0.5) is 17.6 Å². The number of hydrogen-bond acceptors (Lipinski definition) is 4. The molecule has 1 saturated heterocycles. The van der Waals surface area contributed by atoms with Crippen LogP contribution in [0, 0.1) is 28.6 Å². The Hall–Kier alpha value is -3.00. The Bertz CT molecular complexity index is 1280. The molecule has 0 spiro atoms. The van der Waals surface area contributed by atoms with Crippen molar-refractivity contribution in [3.63, 3.8) is 0 Å². The van der Waals surface area contributed by atoms with E-state index < -0.39 is 13.2 Å². The van der Waals surface area contributed by atoms with Gasteiger partial charge in [0.05, 0.1) is 6.04 Å². The number of benzene rings is 2. The highest BCUT2D eigenvalue weighted by atomic mass is 19.3. The number of ether oxygens (including phenoxy) is 2. The summed E-state index contributed by atoms with van der Waals surface area (Å²) in [7, 11) is 0. The highest BCUT2D eigenvalue weighted by Crippen LogP contribution is 2.64. The zero-order valence-electron chi connectivity index (χ0n) is 26.9. The first-order valence-corrected chi connectivity index (χ1v) is 16.5. The monoisotopic (exact) mass is 628 g/mol. The number of allylic oxidation sites excluding steroid dienone is 1. The van der Waals surface area contributed by atoms with Gasteiger partial charge in [-0.05, 0) is 103 Å². The Morgan fingerprint density at radius 2 is 1.36 bits per heavy atom. The van der Waals surface area contributed by atoms with Crippen molar-refractivity contribution < 1.29 is 27.0 Å². The molecule has 6 rings (SSSR count). The average molecular weight is 629 g/mol. The van der Waals surface area contributed by atoms with E-state index in [-0.39, 0.29) is 28.9 Å². The van der Waals surface area contributed by atoms with E-state index in [0.29, 0.717) is 29.3 Å². The van der Waals surface area contributed by atoms with Gasteiger partial charge in [0.25, 0.3) is 0 Å². The van der Waals surface area contributed by atoms with Crippen molar-refractivity contribution in [3.8, 4) is 11.5 Å². The number of nitrogens with one attached hydrogen (secondary N) is 2. The lowest BCUT2D eigenvalue weighted by Gasteiger charge is -2.50. The predicted molar refractivity (Wildman–Crippen MR) is 170 cm³/mol. The van der Waals surface area contributed by atoms with Gasteiger partial charge in [0, 0.05) is 23.7 Å². The molecule has 2 aromatic carbocycles. The van der Waals surface area contributed by atoms with Crippen molar-refractivity contribution >= 4 is 0 Å². The molecule has 1 aliphatic heterocycles. The third-order valence-electron chi connectivity index (χ3n) is 11.4. The SMILES string of the molecule is C=C1CC[C@@]2(C)C(C1)NC1C2CC[C@]2(C)C(C(=C)NC(c3ccc(OC(F)F)cc3)c3ccc(OC(F)F)cc3)CCC12.CC. The van der Waals surface area contributed by atoms with Crippen molar-refractivity contribution in [1.82, 2.24) is 10.6 Å². The zero-order valence-corrected chi connectivity index (χ0v) is 26.9. The van der Waals surface area contributed by atoms with Crippen molar-refractivity contribution in [2.45, 2.75) is 104 Å². The number of halogens is 4. The van der Waals surface area contributed by atoms with Crippen molar-refractivity contribution in [3.05, 3.63) is 84.1 Å². The first-order chi connectivity index (χ1) is 21.5. The van der Waals surface area contributed by atoms with Crippen LogP contribution in [-0.2, 0) is 0 Å². The third-order valence-corrected chi connectivity index (χ3v) is 11.4. The summed E-state index contributed by atoms with van der Waals surface area (Å²) < 4.78 is 60.2. The fourth-order valence-electron chi connectivity index (χ4n) is 9.18. The van der Waals surface area contributed by atoms with E-state index in [1.807, 2.05) is 13.8 Å². The lowest BCUT2D eigenvalue weighted by molar-refractivity contribution is -0.0505. The standard InChI is InChI=1S/C35H42F4N2O2.C2H6/c1-20-15-17-35(4)28-16-18-34(3)26(13-14-27(34)31(28)41-29(35)19-20)21(2)40-30(22-5-9-24(10-6-22)42-32(36)37)23-7-11-25(12-8-23)43-33(38)39;1-2/h5-12,26-33,40-41H,1-2,13-19H2,3-4H3;1-2H3/t26?,27?,28?,29?,31?,34-,35-;/m1./s1. The molecule has 7 atom stereocenters. The molecule has 4 aliphatic rings. The molecule has 3 saturated carbocycles. The van der Waals surface area contributed by atoms with E-state index in [0.717, 1.165) is 48.9 Å². The smallest absolute Gasteiger partial charge is 0.387 e. The van der Waals surface area contributed by atoms with Crippen molar-refractivity contribution in [1.29, 1.82) is 0 Å². The Kier molecular flexibility index (Phi) is 9.93. The van der Waals surface area contributed by atoms with Crippen LogP contribution in [0.25, 0.3) is 0 Å². The van der Waals surface area contributed by atoms with E-state index in [4.69, 9.17) is 0 Å². The highest BCUT2D eigenvalue weighted by molar-refractivity contribution is 5.39. The summed E-state index contributed by atoms with van der Waals surface area (Å²) in [5, 5.41) is 7.80. The molecule has 0 aromatic heterocycles. The largest absolute Gasteiger partial charge is 0.435 e. The van der Waals surface area contributed by atoms with Gasteiger partial charge < -0.3 is 20.1 Å². The van der Waals surface area contributed by atoms with Gasteiger partial charge in [0.1, 0.15) is 11.5 Å². The summed E-state index contributed by atoms with van der Waals surface area (Å²) >= 11 is 0. The summed E-state index contributed by atoms with van der Waals surface area (Å²) in [6.07, 6.45) is 7.97. The minimum atomic E-state index is -2.91. The third kappa shape index (κ3) is 6.49. The molecule has 0 bridgehead atoms. The van der Waals surface area contributed by atoms with Gasteiger partial charge in [0.15, 0.2) is 0 Å². The maximum atomic E-state index is 12.8. The van der Waals surface area contributed by atoms with E-state index in [1.165, 1.54) is 42.7 Å². The second-order valence-corrected chi connectivity index (χ2v) is 13.6. The molecular formula is C37H48F4N2O2. The molecule has 2 aromatic rings. The summed E-state index contributed by atoms with van der Waals surface area (Å²) in [5.74, 6) is 1.64. The second kappa shape index (κ2) is 13.4. The minimum Gasteiger partial charge on any atom is -0.435 e. The van der Waals surface area contributed by atoms with Gasteiger partial charge in [-0.1, -0.05) is 70.7 Å². The fraction of sp³-hybridized carbons (Fsp3) is 0.568. The first-order valence-electron chi connectivity index (χ1n) is 16.5. The molecule has 8 heteroatoms. The predicted octanol–water partition coefficient (Wildman–Crippen LogP) is 9.64. The van der Waals surface area contributed by atoms with Crippen LogP contribution < -0.4 is 20.1 Å². The quantitative estimate of drug-likeness (QED) is 0.214. The molecule has 0 radical (unpaired) electrons. The summed E-state index contributed by atoms with van der Waals surface area (Å²) in [6.45, 7) is 12.0.